The van der Waals surface area contributed by atoms with Crippen molar-refractivity contribution in [2.45, 2.75) is 24.6 Å². The number of urea groups is 1. The number of carbonyl (C=O) groups excluding carboxylic acids is 1. The summed E-state index contributed by atoms with van der Waals surface area (Å²) in [5.41, 5.74) is -3.10. The number of halogens is 7. The molecule has 1 fully saturated rings. The van der Waals surface area contributed by atoms with Crippen molar-refractivity contribution in [2.75, 3.05) is 17.2 Å². The molecule has 1 aromatic heterocycles. The summed E-state index contributed by atoms with van der Waals surface area (Å²) < 4.78 is 106. The zero-order valence-electron chi connectivity index (χ0n) is 18.4. The summed E-state index contributed by atoms with van der Waals surface area (Å²) in [5, 5.41) is 4.55. The van der Waals surface area contributed by atoms with Crippen LogP contribution < -0.4 is 20.1 Å². The van der Waals surface area contributed by atoms with Crippen LogP contribution in [-0.2, 0) is 10.3 Å². The molecule has 1 atom stereocenters. The number of nitrogens with zero attached hydrogens (tertiary/aromatic N) is 1. The van der Waals surface area contributed by atoms with E-state index in [0.29, 0.717) is 12.1 Å². The van der Waals surface area contributed by atoms with E-state index in [1.165, 1.54) is 42.6 Å². The van der Waals surface area contributed by atoms with E-state index in [0.717, 1.165) is 6.07 Å². The number of ether oxygens (including phenoxy) is 3. The number of pyridine rings is 1. The molecule has 7 nitrogen and oxygen atoms in total. The first-order valence-corrected chi connectivity index (χ1v) is 10.4. The number of amides is 2. The molecule has 196 valence electrons. The average molecular weight is 531 g/mol. The summed E-state index contributed by atoms with van der Waals surface area (Å²) in [6.45, 7) is -0.0890. The zero-order valence-corrected chi connectivity index (χ0v) is 18.4. The number of para-hydroxylation sites is 1. The van der Waals surface area contributed by atoms with Crippen molar-refractivity contribution < 1.29 is 49.7 Å². The van der Waals surface area contributed by atoms with E-state index in [-0.39, 0.29) is 41.6 Å². The predicted molar refractivity (Wildman–Crippen MR) is 115 cm³/mol. The van der Waals surface area contributed by atoms with E-state index < -0.39 is 35.7 Å². The van der Waals surface area contributed by atoms with Crippen LogP contribution in [0.5, 0.6) is 17.4 Å². The fourth-order valence-corrected chi connectivity index (χ4v) is 3.53. The van der Waals surface area contributed by atoms with Gasteiger partial charge in [-0.05, 0) is 30.3 Å². The first-order valence-electron chi connectivity index (χ1n) is 10.4. The van der Waals surface area contributed by atoms with Crippen LogP contribution in [0.25, 0.3) is 0 Å². The molecule has 3 aromatic rings. The molecule has 1 unspecified atom stereocenters. The van der Waals surface area contributed by atoms with Crippen molar-refractivity contribution in [2.24, 2.45) is 0 Å². The Morgan fingerprint density at radius 1 is 0.973 bits per heavy atom. The number of benzene rings is 2. The number of rotatable bonds is 6. The van der Waals surface area contributed by atoms with Gasteiger partial charge in [0.15, 0.2) is 17.2 Å². The van der Waals surface area contributed by atoms with Crippen molar-refractivity contribution in [3.05, 3.63) is 72.2 Å². The van der Waals surface area contributed by atoms with Crippen molar-refractivity contribution in [3.8, 4) is 17.4 Å². The van der Waals surface area contributed by atoms with E-state index in [1.807, 2.05) is 0 Å². The Balaban J connectivity index is 1.51. The standard InChI is InChI=1S/C23H16F7N3O4/c24-15-12-13(7-8-18(15)37-23(28,29)30)32-20(34)33-16-5-3-10-31-19(16)36-17-6-2-1-4-14(17)21(9-11-35-21)22(25,26)27/h1-8,10,12H,9,11H2,(H2,32,33,34). The minimum atomic E-state index is -5.10. The lowest BCUT2D eigenvalue weighted by molar-refractivity contribution is -0.333. The molecule has 2 N–H and O–H groups in total. The van der Waals surface area contributed by atoms with Crippen LogP contribution >= 0.6 is 0 Å². The molecule has 37 heavy (non-hydrogen) atoms. The number of anilines is 2. The average Bonchev–Trinajstić information content (AvgIpc) is 2.75. The number of alkyl halides is 6. The number of nitrogens with one attached hydrogen (secondary N) is 2. The summed E-state index contributed by atoms with van der Waals surface area (Å²) in [4.78, 5) is 16.4. The number of carbonyl (C=O) groups is 1. The van der Waals surface area contributed by atoms with Crippen LogP contribution in [-0.4, -0.2) is 30.2 Å². The van der Waals surface area contributed by atoms with Gasteiger partial charge in [0.05, 0.1) is 6.61 Å². The van der Waals surface area contributed by atoms with E-state index in [2.05, 4.69) is 20.4 Å². The molecule has 1 aliphatic rings. The minimum Gasteiger partial charge on any atom is -0.437 e. The summed E-state index contributed by atoms with van der Waals surface area (Å²) in [5.74, 6) is -2.94. The molecule has 0 aliphatic carbocycles. The predicted octanol–water partition coefficient (Wildman–Crippen LogP) is 6.73. The van der Waals surface area contributed by atoms with Gasteiger partial charge in [-0.2, -0.15) is 13.2 Å². The Labute approximate surface area is 204 Å². The van der Waals surface area contributed by atoms with E-state index in [9.17, 15) is 35.5 Å². The molecule has 1 aliphatic heterocycles. The summed E-state index contributed by atoms with van der Waals surface area (Å²) in [6.07, 6.45) is -8.86. The molecule has 0 saturated carbocycles. The third-order valence-corrected chi connectivity index (χ3v) is 5.22. The Morgan fingerprint density at radius 2 is 1.70 bits per heavy atom. The molecule has 2 aromatic carbocycles. The Morgan fingerprint density at radius 3 is 2.32 bits per heavy atom. The molecular formula is C23H16F7N3O4. The Hall–Kier alpha value is -4.07. The third kappa shape index (κ3) is 5.69. The van der Waals surface area contributed by atoms with Crippen molar-refractivity contribution in [1.29, 1.82) is 0 Å². The lowest BCUT2D eigenvalue weighted by atomic mass is 9.85. The van der Waals surface area contributed by atoms with Crippen molar-refractivity contribution in [3.63, 3.8) is 0 Å². The third-order valence-electron chi connectivity index (χ3n) is 5.22. The van der Waals surface area contributed by atoms with Gasteiger partial charge in [-0.3, -0.25) is 0 Å². The van der Waals surface area contributed by atoms with Crippen molar-refractivity contribution in [1.82, 2.24) is 4.98 Å². The quantitative estimate of drug-likeness (QED) is 0.345. The number of aromatic nitrogens is 1. The first kappa shape index (κ1) is 26.0. The fourth-order valence-electron chi connectivity index (χ4n) is 3.53. The molecule has 14 heteroatoms. The van der Waals surface area contributed by atoms with Crippen LogP contribution in [0.15, 0.2) is 60.8 Å². The molecule has 0 bridgehead atoms. The summed E-state index contributed by atoms with van der Waals surface area (Å²) in [7, 11) is 0. The van der Waals surface area contributed by atoms with E-state index >= 15 is 0 Å². The van der Waals surface area contributed by atoms with E-state index in [1.54, 1.807) is 0 Å². The van der Waals surface area contributed by atoms with Crippen LogP contribution in [0, 0.1) is 5.82 Å². The van der Waals surface area contributed by atoms with Crippen molar-refractivity contribution >= 4 is 17.4 Å². The van der Waals surface area contributed by atoms with Gasteiger partial charge in [-0.1, -0.05) is 18.2 Å². The molecule has 0 spiro atoms. The highest BCUT2D eigenvalue weighted by molar-refractivity contribution is 6.00. The highest BCUT2D eigenvalue weighted by Gasteiger charge is 2.62. The largest absolute Gasteiger partial charge is 0.573 e. The van der Waals surface area contributed by atoms with Gasteiger partial charge in [0.1, 0.15) is 11.4 Å². The topological polar surface area (TPSA) is 81.7 Å². The molecule has 2 heterocycles. The summed E-state index contributed by atoms with van der Waals surface area (Å²) in [6, 6.07) is 9.37. The Bertz CT molecular complexity index is 1290. The zero-order chi connectivity index (χ0) is 26.8. The number of hydrogen-bond donors (Lipinski definition) is 2. The number of hydrogen-bond acceptors (Lipinski definition) is 5. The molecule has 1 saturated heterocycles. The van der Waals surface area contributed by atoms with Crippen LogP contribution in [0.1, 0.15) is 12.0 Å². The smallest absolute Gasteiger partial charge is 0.437 e. The van der Waals surface area contributed by atoms with Crippen LogP contribution in [0.4, 0.5) is 46.9 Å². The van der Waals surface area contributed by atoms with Gasteiger partial charge in [0.25, 0.3) is 0 Å². The SMILES string of the molecule is O=C(Nc1ccc(OC(F)(F)F)c(F)c1)Nc1cccnc1Oc1ccccc1C1(C(F)(F)F)CCO1. The van der Waals surface area contributed by atoms with Crippen LogP contribution in [0.2, 0.25) is 0 Å². The molecular weight excluding hydrogens is 515 g/mol. The lowest BCUT2D eigenvalue weighted by Crippen LogP contribution is -2.52. The summed E-state index contributed by atoms with van der Waals surface area (Å²) >= 11 is 0. The second-order valence-corrected chi connectivity index (χ2v) is 7.65. The monoisotopic (exact) mass is 531 g/mol. The first-order chi connectivity index (χ1) is 17.4. The Kier molecular flexibility index (Phi) is 6.86. The normalized spacial score (nSPS) is 17.5. The van der Waals surface area contributed by atoms with Gasteiger partial charge in [0.2, 0.25) is 5.88 Å². The second-order valence-electron chi connectivity index (χ2n) is 7.65. The van der Waals surface area contributed by atoms with Crippen LogP contribution in [0.3, 0.4) is 0 Å². The van der Waals surface area contributed by atoms with Gasteiger partial charge in [-0.15, -0.1) is 13.2 Å². The maximum atomic E-state index is 13.9. The van der Waals surface area contributed by atoms with Gasteiger partial charge in [0, 0.05) is 29.9 Å². The molecule has 2 amide bonds. The highest BCUT2D eigenvalue weighted by Crippen LogP contribution is 2.53. The van der Waals surface area contributed by atoms with Gasteiger partial charge < -0.3 is 24.8 Å². The van der Waals surface area contributed by atoms with Gasteiger partial charge >= 0.3 is 18.6 Å². The maximum absolute atomic E-state index is 13.9. The lowest BCUT2D eigenvalue weighted by Gasteiger charge is -2.43. The second kappa shape index (κ2) is 9.76. The molecule has 4 rings (SSSR count). The highest BCUT2D eigenvalue weighted by atomic mass is 19.4. The fraction of sp³-hybridized carbons (Fsp3) is 0.217. The van der Waals surface area contributed by atoms with E-state index in [4.69, 9.17) is 9.47 Å². The molecule has 0 radical (unpaired) electrons. The van der Waals surface area contributed by atoms with Gasteiger partial charge in [-0.25, -0.2) is 14.2 Å². The maximum Gasteiger partial charge on any atom is 0.573 e. The minimum absolute atomic E-state index is 0.0668.